The second kappa shape index (κ2) is 10.2. The van der Waals surface area contributed by atoms with Crippen molar-refractivity contribution in [2.24, 2.45) is 16.1 Å². The molecule has 15 heteroatoms. The third-order valence-electron chi connectivity index (χ3n) is 4.72. The maximum absolute atomic E-state index is 13.0. The minimum absolute atomic E-state index is 0.0472. The number of anilines is 2. The Balaban J connectivity index is 1.94. The van der Waals surface area contributed by atoms with Gasteiger partial charge in [-0.05, 0) is 43.4 Å². The lowest BCUT2D eigenvalue weighted by atomic mass is 10.0. The molecule has 0 atom stereocenters. The highest BCUT2D eigenvalue weighted by Gasteiger charge is 2.46. The molecule has 2 aromatic rings. The fourth-order valence-electron chi connectivity index (χ4n) is 3.13. The van der Waals surface area contributed by atoms with Crippen molar-refractivity contribution in [3.8, 4) is 0 Å². The summed E-state index contributed by atoms with van der Waals surface area (Å²) >= 11 is 0.784. The van der Waals surface area contributed by atoms with Gasteiger partial charge in [-0.25, -0.2) is 4.79 Å². The Kier molecular flexibility index (Phi) is 7.75. The number of fused-ring (bicyclic) bond motifs is 1. The predicted molar refractivity (Wildman–Crippen MR) is 120 cm³/mol. The van der Waals surface area contributed by atoms with E-state index in [9.17, 15) is 26.4 Å². The Morgan fingerprint density at radius 2 is 2.03 bits per heavy atom. The van der Waals surface area contributed by atoms with Gasteiger partial charge in [0.05, 0.1) is 12.3 Å². The van der Waals surface area contributed by atoms with Crippen LogP contribution in [0.3, 0.4) is 0 Å². The van der Waals surface area contributed by atoms with Crippen LogP contribution in [0.15, 0.2) is 22.4 Å². The number of ether oxygens (including phenoxy) is 1. The maximum atomic E-state index is 13.0. The van der Waals surface area contributed by atoms with Crippen LogP contribution in [0.2, 0.25) is 0 Å². The van der Waals surface area contributed by atoms with Crippen LogP contribution >= 0.6 is 11.3 Å². The van der Waals surface area contributed by atoms with Crippen LogP contribution in [0.4, 0.5) is 35.4 Å². The van der Waals surface area contributed by atoms with Crippen LogP contribution in [0.1, 0.15) is 42.6 Å². The number of esters is 1. The minimum Gasteiger partial charge on any atom is -0.460 e. The van der Waals surface area contributed by atoms with E-state index in [0.29, 0.717) is 25.2 Å². The summed E-state index contributed by atoms with van der Waals surface area (Å²) in [5.41, 5.74) is -4.58. The summed E-state index contributed by atoms with van der Waals surface area (Å²) < 4.78 is 69.2. The second-order valence-electron chi connectivity index (χ2n) is 7.81. The summed E-state index contributed by atoms with van der Waals surface area (Å²) in [6, 6.07) is 2.82. The van der Waals surface area contributed by atoms with Crippen molar-refractivity contribution in [2.45, 2.75) is 39.1 Å². The molecular weight excluding hydrogens is 497 g/mol. The standard InChI is InChI=1S/C19H23F3N6O4S2/c1-4-28-7-5-6-12-8-13(14(9-15(12)28)27-34(30,31)19(20,21)22)23-25-18-26-24-16(33-18)17(29)32-10-11(2)3/h8-9,11,27H,4-7,10H2,1-3H3. The van der Waals surface area contributed by atoms with E-state index in [0.717, 1.165) is 23.3 Å². The number of azo groups is 1. The van der Waals surface area contributed by atoms with Crippen LogP contribution in [0.25, 0.3) is 0 Å². The first-order valence-corrected chi connectivity index (χ1v) is 12.6. The van der Waals surface area contributed by atoms with Gasteiger partial charge in [-0.3, -0.25) is 4.72 Å². The molecule has 1 aromatic heterocycles. The Hall–Kier alpha value is -2.81. The van der Waals surface area contributed by atoms with E-state index in [1.54, 1.807) is 4.72 Å². The number of nitrogens with one attached hydrogen (secondary N) is 1. The first-order chi connectivity index (χ1) is 15.9. The first kappa shape index (κ1) is 25.8. The number of carbonyl (C=O) groups excluding carboxylic acids is 1. The molecular formula is C19H23F3N6O4S2. The normalized spacial score (nSPS) is 14.5. The van der Waals surface area contributed by atoms with Gasteiger partial charge in [0.25, 0.3) is 5.13 Å². The largest absolute Gasteiger partial charge is 0.516 e. The summed E-state index contributed by atoms with van der Waals surface area (Å²) in [5, 5.41) is 15.1. The van der Waals surface area contributed by atoms with Crippen molar-refractivity contribution in [3.63, 3.8) is 0 Å². The average molecular weight is 521 g/mol. The van der Waals surface area contributed by atoms with Gasteiger partial charge in [0, 0.05) is 18.8 Å². The number of aromatic nitrogens is 2. The molecule has 0 saturated heterocycles. The van der Waals surface area contributed by atoms with Crippen molar-refractivity contribution < 1.29 is 31.1 Å². The van der Waals surface area contributed by atoms with Gasteiger partial charge in [-0.1, -0.05) is 25.2 Å². The number of nitrogens with zero attached hydrogens (tertiary/aromatic N) is 5. The van der Waals surface area contributed by atoms with E-state index in [1.807, 2.05) is 25.7 Å². The summed E-state index contributed by atoms with van der Waals surface area (Å²) in [5.74, 6) is -0.553. The number of aryl methyl sites for hydroxylation is 1. The van der Waals surface area contributed by atoms with Gasteiger partial charge in [0.2, 0.25) is 5.01 Å². The molecule has 0 saturated carbocycles. The number of sulfonamides is 1. The highest BCUT2D eigenvalue weighted by atomic mass is 32.2. The summed E-state index contributed by atoms with van der Waals surface area (Å²) in [7, 11) is -5.68. The van der Waals surface area contributed by atoms with Crippen LogP contribution in [0, 0.1) is 5.92 Å². The maximum Gasteiger partial charge on any atom is 0.516 e. The first-order valence-electron chi connectivity index (χ1n) is 10.3. The highest BCUT2D eigenvalue weighted by molar-refractivity contribution is 7.93. The lowest BCUT2D eigenvalue weighted by molar-refractivity contribution is -0.0429. The Morgan fingerprint density at radius 3 is 2.68 bits per heavy atom. The molecule has 10 nitrogen and oxygen atoms in total. The molecule has 0 unspecified atom stereocenters. The third-order valence-corrected chi connectivity index (χ3v) is 6.61. The van der Waals surface area contributed by atoms with Crippen molar-refractivity contribution in [1.82, 2.24) is 10.2 Å². The average Bonchev–Trinajstić information content (AvgIpc) is 3.23. The second-order valence-corrected chi connectivity index (χ2v) is 10.4. The van der Waals surface area contributed by atoms with Crippen molar-refractivity contribution in [3.05, 3.63) is 22.7 Å². The number of hydrogen-bond acceptors (Lipinski definition) is 10. The van der Waals surface area contributed by atoms with Crippen LogP contribution in [0.5, 0.6) is 0 Å². The smallest absolute Gasteiger partial charge is 0.460 e. The van der Waals surface area contributed by atoms with E-state index < -0.39 is 21.5 Å². The van der Waals surface area contributed by atoms with E-state index in [2.05, 4.69) is 20.4 Å². The molecule has 1 aromatic carbocycles. The molecule has 0 spiro atoms. The van der Waals surface area contributed by atoms with Gasteiger partial charge in [-0.2, -0.15) is 21.6 Å². The number of benzene rings is 1. The summed E-state index contributed by atoms with van der Waals surface area (Å²) in [6.45, 7) is 7.12. The highest BCUT2D eigenvalue weighted by Crippen LogP contribution is 2.39. The minimum atomic E-state index is -5.68. The van der Waals surface area contributed by atoms with Gasteiger partial charge in [0.1, 0.15) is 5.69 Å². The van der Waals surface area contributed by atoms with Gasteiger partial charge >= 0.3 is 21.5 Å². The van der Waals surface area contributed by atoms with Gasteiger partial charge < -0.3 is 9.64 Å². The fraction of sp³-hybridized carbons (Fsp3) is 0.526. The summed E-state index contributed by atoms with van der Waals surface area (Å²) in [4.78, 5) is 13.9. The molecule has 186 valence electrons. The zero-order chi connectivity index (χ0) is 25.1. The van der Waals surface area contributed by atoms with Crippen molar-refractivity contribution >= 4 is 49.5 Å². The van der Waals surface area contributed by atoms with Crippen LogP contribution < -0.4 is 9.62 Å². The topological polar surface area (TPSA) is 126 Å². The third kappa shape index (κ3) is 6.00. The monoisotopic (exact) mass is 520 g/mol. The number of halogens is 3. The number of alkyl halides is 3. The SMILES string of the molecule is CCN1CCCc2cc(N=Nc3nnc(C(=O)OCC(C)C)s3)c(NS(=O)(=O)C(F)(F)F)cc21. The number of carbonyl (C=O) groups is 1. The van der Waals surface area contributed by atoms with Crippen LogP contribution in [-0.2, 0) is 21.2 Å². The molecule has 0 fully saturated rings. The zero-order valence-electron chi connectivity index (χ0n) is 18.6. The molecule has 0 bridgehead atoms. The van der Waals surface area contributed by atoms with Crippen molar-refractivity contribution in [2.75, 3.05) is 29.3 Å². The molecule has 1 N–H and O–H groups in total. The van der Waals surface area contributed by atoms with Gasteiger partial charge in [-0.15, -0.1) is 20.4 Å². The molecule has 0 aliphatic carbocycles. The van der Waals surface area contributed by atoms with Crippen molar-refractivity contribution in [1.29, 1.82) is 0 Å². The van der Waals surface area contributed by atoms with Crippen LogP contribution in [-0.4, -0.2) is 49.8 Å². The van der Waals surface area contributed by atoms with Gasteiger partial charge in [0.15, 0.2) is 0 Å². The molecule has 1 aliphatic heterocycles. The lowest BCUT2D eigenvalue weighted by Crippen LogP contribution is -2.31. The molecule has 0 radical (unpaired) electrons. The Labute approximate surface area is 198 Å². The zero-order valence-corrected chi connectivity index (χ0v) is 20.2. The quantitative estimate of drug-likeness (QED) is 0.391. The fourth-order valence-corrected chi connectivity index (χ4v) is 4.26. The van der Waals surface area contributed by atoms with E-state index in [-0.39, 0.29) is 34.0 Å². The molecule has 2 heterocycles. The molecule has 1 aliphatic rings. The molecule has 34 heavy (non-hydrogen) atoms. The Morgan fingerprint density at radius 1 is 1.29 bits per heavy atom. The van der Waals surface area contributed by atoms with E-state index >= 15 is 0 Å². The molecule has 3 rings (SSSR count). The number of hydrogen-bond donors (Lipinski definition) is 1. The predicted octanol–water partition coefficient (Wildman–Crippen LogP) is 4.80. The number of rotatable bonds is 8. The van der Waals surface area contributed by atoms with E-state index in [4.69, 9.17) is 4.74 Å². The summed E-state index contributed by atoms with van der Waals surface area (Å²) in [6.07, 6.45) is 1.47. The lowest BCUT2D eigenvalue weighted by Gasteiger charge is -2.31. The van der Waals surface area contributed by atoms with E-state index in [1.165, 1.54) is 12.1 Å². The Bertz CT molecular complexity index is 1180. The molecule has 0 amide bonds.